The minimum Gasteiger partial charge on any atom is -0.481 e. The number of carbonyl (C=O) groups is 1. The van der Waals surface area contributed by atoms with Gasteiger partial charge in [0.1, 0.15) is 0 Å². The van der Waals surface area contributed by atoms with Crippen LogP contribution in [-0.4, -0.2) is 22.8 Å². The second-order valence-electron chi connectivity index (χ2n) is 4.33. The summed E-state index contributed by atoms with van der Waals surface area (Å²) >= 11 is 0. The zero-order valence-corrected chi connectivity index (χ0v) is 8.24. The summed E-state index contributed by atoms with van der Waals surface area (Å²) in [6, 6.07) is 0. The first kappa shape index (κ1) is 10.3. The molecule has 0 aromatic carbocycles. The van der Waals surface area contributed by atoms with Crippen molar-refractivity contribution in [3.05, 3.63) is 11.6 Å². The van der Waals surface area contributed by atoms with Gasteiger partial charge in [-0.05, 0) is 18.3 Å². The highest BCUT2D eigenvalue weighted by Gasteiger charge is 2.60. The summed E-state index contributed by atoms with van der Waals surface area (Å²) in [6.45, 7) is 5.71. The van der Waals surface area contributed by atoms with Crippen LogP contribution in [0, 0.1) is 17.3 Å². The maximum absolute atomic E-state index is 10.8. The fourth-order valence-corrected chi connectivity index (χ4v) is 1.82. The van der Waals surface area contributed by atoms with Gasteiger partial charge in [-0.15, -0.1) is 0 Å². The average molecular weight is 184 g/mol. The van der Waals surface area contributed by atoms with Gasteiger partial charge in [0.15, 0.2) is 0 Å². The predicted octanol–water partition coefficient (Wildman–Crippen LogP) is 1.28. The Labute approximate surface area is 78.1 Å². The van der Waals surface area contributed by atoms with Crippen molar-refractivity contribution in [2.45, 2.75) is 20.8 Å². The van der Waals surface area contributed by atoms with E-state index in [1.165, 1.54) is 0 Å². The summed E-state index contributed by atoms with van der Waals surface area (Å²) in [5.74, 6) is -0.942. The molecule has 2 atom stereocenters. The zero-order valence-electron chi connectivity index (χ0n) is 8.24. The molecule has 1 saturated carbocycles. The van der Waals surface area contributed by atoms with Gasteiger partial charge in [0.25, 0.3) is 0 Å². The molecule has 1 fully saturated rings. The smallest absolute Gasteiger partial charge is 0.307 e. The highest BCUT2D eigenvalue weighted by Crippen LogP contribution is 2.59. The summed E-state index contributed by atoms with van der Waals surface area (Å²) < 4.78 is 0. The summed E-state index contributed by atoms with van der Waals surface area (Å²) in [4.78, 5) is 10.8. The molecule has 1 aliphatic rings. The molecule has 0 saturated heterocycles. The number of aliphatic hydroxyl groups is 1. The molecule has 2 N–H and O–H groups in total. The molecule has 74 valence electrons. The third kappa shape index (κ3) is 1.75. The highest BCUT2D eigenvalue weighted by molar-refractivity contribution is 5.76. The van der Waals surface area contributed by atoms with E-state index in [2.05, 4.69) is 0 Å². The van der Waals surface area contributed by atoms with E-state index in [-0.39, 0.29) is 23.9 Å². The molecule has 1 unspecified atom stereocenters. The molecular formula is C10H16O3. The maximum Gasteiger partial charge on any atom is 0.307 e. The lowest BCUT2D eigenvalue weighted by Crippen LogP contribution is -2.03. The molecular weight excluding hydrogens is 168 g/mol. The van der Waals surface area contributed by atoms with Crippen molar-refractivity contribution in [1.82, 2.24) is 0 Å². The Hall–Kier alpha value is -0.830. The minimum atomic E-state index is -0.739. The van der Waals surface area contributed by atoms with E-state index in [1.807, 2.05) is 26.8 Å². The number of aliphatic hydroxyl groups excluding tert-OH is 1. The predicted molar refractivity (Wildman–Crippen MR) is 49.2 cm³/mol. The number of carboxylic acids is 1. The third-order valence-electron chi connectivity index (χ3n) is 2.89. The van der Waals surface area contributed by atoms with Crippen LogP contribution in [0.3, 0.4) is 0 Å². The van der Waals surface area contributed by atoms with Gasteiger partial charge in [0, 0.05) is 0 Å². The monoisotopic (exact) mass is 184 g/mol. The molecule has 1 aliphatic carbocycles. The molecule has 13 heavy (non-hydrogen) atoms. The van der Waals surface area contributed by atoms with Gasteiger partial charge in [0.05, 0.1) is 12.5 Å². The Morgan fingerprint density at radius 2 is 2.08 bits per heavy atom. The molecule has 0 aromatic heterocycles. The van der Waals surface area contributed by atoms with E-state index in [1.54, 1.807) is 0 Å². The van der Waals surface area contributed by atoms with E-state index in [9.17, 15) is 4.79 Å². The first-order valence-electron chi connectivity index (χ1n) is 4.42. The van der Waals surface area contributed by atoms with E-state index in [0.717, 1.165) is 5.57 Å². The van der Waals surface area contributed by atoms with Crippen molar-refractivity contribution in [3.8, 4) is 0 Å². The first-order valence-corrected chi connectivity index (χ1v) is 4.42. The number of rotatable bonds is 3. The normalized spacial score (nSPS) is 31.5. The summed E-state index contributed by atoms with van der Waals surface area (Å²) in [6.07, 6.45) is 1.87. The van der Waals surface area contributed by atoms with Crippen LogP contribution in [0.15, 0.2) is 11.6 Å². The van der Waals surface area contributed by atoms with Crippen LogP contribution in [0.25, 0.3) is 0 Å². The molecule has 0 aromatic rings. The van der Waals surface area contributed by atoms with Crippen LogP contribution in [0.1, 0.15) is 20.8 Å². The van der Waals surface area contributed by atoms with Gasteiger partial charge < -0.3 is 10.2 Å². The van der Waals surface area contributed by atoms with E-state index in [0.29, 0.717) is 0 Å². The molecule has 0 aliphatic heterocycles. The molecule has 0 amide bonds. The molecule has 0 spiro atoms. The van der Waals surface area contributed by atoms with Crippen molar-refractivity contribution in [1.29, 1.82) is 0 Å². The van der Waals surface area contributed by atoms with Crippen molar-refractivity contribution in [2.75, 3.05) is 6.61 Å². The third-order valence-corrected chi connectivity index (χ3v) is 2.89. The van der Waals surface area contributed by atoms with Gasteiger partial charge in [-0.3, -0.25) is 4.79 Å². The van der Waals surface area contributed by atoms with Gasteiger partial charge in [0.2, 0.25) is 0 Å². The van der Waals surface area contributed by atoms with Crippen LogP contribution in [-0.2, 0) is 4.79 Å². The molecule has 0 bridgehead atoms. The van der Waals surface area contributed by atoms with Crippen molar-refractivity contribution in [3.63, 3.8) is 0 Å². The summed E-state index contributed by atoms with van der Waals surface area (Å²) in [5, 5.41) is 17.6. The lowest BCUT2D eigenvalue weighted by Gasteiger charge is -1.98. The van der Waals surface area contributed by atoms with Gasteiger partial charge >= 0.3 is 5.97 Å². The number of allylic oxidation sites excluding steroid dienone is 1. The van der Waals surface area contributed by atoms with Crippen molar-refractivity contribution >= 4 is 5.97 Å². The number of hydrogen-bond acceptors (Lipinski definition) is 2. The number of hydrogen-bond donors (Lipinski definition) is 2. The summed E-state index contributed by atoms with van der Waals surface area (Å²) in [5.41, 5.74) is 0.698. The minimum absolute atomic E-state index is 0.0128. The van der Waals surface area contributed by atoms with Gasteiger partial charge in [-0.1, -0.05) is 25.5 Å². The molecule has 0 heterocycles. The second-order valence-corrected chi connectivity index (χ2v) is 4.33. The topological polar surface area (TPSA) is 57.5 Å². The lowest BCUT2D eigenvalue weighted by atomic mass is 10.1. The van der Waals surface area contributed by atoms with Crippen LogP contribution in [0.2, 0.25) is 0 Å². The van der Waals surface area contributed by atoms with Crippen molar-refractivity contribution < 1.29 is 15.0 Å². The quantitative estimate of drug-likeness (QED) is 0.650. The number of carboxylic acid groups (broad SMARTS) is 1. The Morgan fingerprint density at radius 1 is 1.54 bits per heavy atom. The fraction of sp³-hybridized carbons (Fsp3) is 0.700. The largest absolute Gasteiger partial charge is 0.481 e. The van der Waals surface area contributed by atoms with Gasteiger partial charge in [-0.2, -0.15) is 0 Å². The van der Waals surface area contributed by atoms with Crippen LogP contribution >= 0.6 is 0 Å². The SMILES string of the molecule is C/C(=C/C1[C@H](C(=O)O)C1(C)C)CO. The Bertz CT molecular complexity index is 253. The van der Waals surface area contributed by atoms with Crippen LogP contribution in [0.4, 0.5) is 0 Å². The fourth-order valence-electron chi connectivity index (χ4n) is 1.82. The summed E-state index contributed by atoms with van der Waals surface area (Å²) in [7, 11) is 0. The molecule has 3 nitrogen and oxygen atoms in total. The average Bonchev–Trinajstić information content (AvgIpc) is 2.53. The standard InChI is InChI=1S/C10H16O3/c1-6(5-11)4-7-8(9(12)13)10(7,2)3/h4,7-8,11H,5H2,1-3H3,(H,12,13)/b6-4-/t7?,8-/m1/s1. The number of aliphatic carboxylic acids is 1. The first-order chi connectivity index (χ1) is 5.91. The van der Waals surface area contributed by atoms with E-state index < -0.39 is 5.97 Å². The van der Waals surface area contributed by atoms with Gasteiger partial charge in [-0.25, -0.2) is 0 Å². The van der Waals surface area contributed by atoms with Crippen molar-refractivity contribution in [2.24, 2.45) is 17.3 Å². The highest BCUT2D eigenvalue weighted by atomic mass is 16.4. The Morgan fingerprint density at radius 3 is 2.38 bits per heavy atom. The second kappa shape index (κ2) is 3.14. The van der Waals surface area contributed by atoms with E-state index >= 15 is 0 Å². The van der Waals surface area contributed by atoms with Crippen LogP contribution < -0.4 is 0 Å². The van der Waals surface area contributed by atoms with Crippen LogP contribution in [0.5, 0.6) is 0 Å². The Balaban J connectivity index is 2.71. The molecule has 3 heteroatoms. The zero-order chi connectivity index (χ0) is 10.2. The lowest BCUT2D eigenvalue weighted by molar-refractivity contribution is -0.139. The molecule has 1 rings (SSSR count). The Kier molecular flexibility index (Phi) is 2.48. The maximum atomic E-state index is 10.8. The van der Waals surface area contributed by atoms with E-state index in [4.69, 9.17) is 10.2 Å². The molecule has 0 radical (unpaired) electrons.